The largest absolute Gasteiger partial charge is 0.317 e. The lowest BCUT2D eigenvalue weighted by molar-refractivity contribution is 0.446. The van der Waals surface area contributed by atoms with Crippen LogP contribution in [0.4, 0.5) is 0 Å². The van der Waals surface area contributed by atoms with Crippen molar-refractivity contribution in [2.75, 3.05) is 13.1 Å². The van der Waals surface area contributed by atoms with Gasteiger partial charge in [-0.15, -0.1) is 0 Å². The van der Waals surface area contributed by atoms with Gasteiger partial charge < -0.3 is 5.32 Å². The molecule has 1 aromatic carbocycles. The maximum atomic E-state index is 4.71. The van der Waals surface area contributed by atoms with Crippen LogP contribution in [0.5, 0.6) is 0 Å². The number of piperidine rings is 1. The zero-order valence-corrected chi connectivity index (χ0v) is 11.7. The van der Waals surface area contributed by atoms with Gasteiger partial charge in [0.25, 0.3) is 0 Å². The Hall–Kier alpha value is -1.61. The lowest BCUT2D eigenvalue weighted by Crippen LogP contribution is -2.27. The first kappa shape index (κ1) is 12.4. The number of aryl methyl sites for hydroxylation is 2. The molecule has 100 valence electrons. The van der Waals surface area contributed by atoms with Gasteiger partial charge in [-0.3, -0.25) is 0 Å². The number of benzene rings is 1. The van der Waals surface area contributed by atoms with E-state index >= 15 is 0 Å². The lowest BCUT2D eigenvalue weighted by Gasteiger charge is -2.23. The molecule has 0 saturated carbocycles. The zero-order chi connectivity index (χ0) is 13.2. The monoisotopic (exact) mass is 255 g/mol. The lowest BCUT2D eigenvalue weighted by atomic mass is 9.94. The molecule has 2 aromatic rings. The van der Waals surface area contributed by atoms with Crippen molar-refractivity contribution in [3.63, 3.8) is 0 Å². The highest BCUT2D eigenvalue weighted by Gasteiger charge is 2.21. The number of rotatable bonds is 2. The molecule has 3 nitrogen and oxygen atoms in total. The van der Waals surface area contributed by atoms with Crippen LogP contribution in [0.1, 0.15) is 35.7 Å². The van der Waals surface area contributed by atoms with Gasteiger partial charge in [-0.05, 0) is 57.5 Å². The second kappa shape index (κ2) is 5.17. The van der Waals surface area contributed by atoms with E-state index in [1.807, 2.05) is 0 Å². The Balaban J connectivity index is 2.04. The summed E-state index contributed by atoms with van der Waals surface area (Å²) >= 11 is 0. The first-order valence-corrected chi connectivity index (χ1v) is 7.09. The van der Waals surface area contributed by atoms with Crippen LogP contribution in [0, 0.1) is 13.8 Å². The van der Waals surface area contributed by atoms with Crippen LogP contribution in [0.15, 0.2) is 30.3 Å². The number of nitrogens with zero attached hydrogens (tertiary/aromatic N) is 2. The molecule has 0 aliphatic carbocycles. The summed E-state index contributed by atoms with van der Waals surface area (Å²) < 4.78 is 2.15. The number of hydrogen-bond donors (Lipinski definition) is 1. The van der Waals surface area contributed by atoms with Crippen LogP contribution in [0.2, 0.25) is 0 Å². The zero-order valence-electron chi connectivity index (χ0n) is 11.7. The highest BCUT2D eigenvalue weighted by atomic mass is 15.3. The fourth-order valence-corrected chi connectivity index (χ4v) is 2.92. The minimum Gasteiger partial charge on any atom is -0.317 e. The van der Waals surface area contributed by atoms with Gasteiger partial charge in [0.2, 0.25) is 0 Å². The fraction of sp³-hybridized carbons (Fsp3) is 0.438. The van der Waals surface area contributed by atoms with E-state index in [2.05, 4.69) is 54.2 Å². The van der Waals surface area contributed by atoms with E-state index in [-0.39, 0.29) is 0 Å². The quantitative estimate of drug-likeness (QED) is 0.894. The fourth-order valence-electron chi connectivity index (χ4n) is 2.92. The van der Waals surface area contributed by atoms with Gasteiger partial charge in [0.05, 0.1) is 11.4 Å². The summed E-state index contributed by atoms with van der Waals surface area (Å²) in [5, 5.41) is 8.15. The molecule has 3 rings (SSSR count). The second-order valence-electron chi connectivity index (χ2n) is 5.43. The molecule has 0 atom stereocenters. The standard InChI is InChI=1S/C16H21N3/c1-12-5-3-4-6-15(12)19-16(11-13(2)18-19)14-7-9-17-10-8-14/h3-6,11,14,17H,7-10H2,1-2H3. The summed E-state index contributed by atoms with van der Waals surface area (Å²) in [5.74, 6) is 0.627. The molecule has 1 aliphatic heterocycles. The van der Waals surface area contributed by atoms with Crippen molar-refractivity contribution in [1.82, 2.24) is 15.1 Å². The molecule has 1 aromatic heterocycles. The molecule has 1 N–H and O–H groups in total. The van der Waals surface area contributed by atoms with E-state index in [1.165, 1.54) is 29.8 Å². The van der Waals surface area contributed by atoms with E-state index in [1.54, 1.807) is 0 Å². The Morgan fingerprint density at radius 2 is 1.89 bits per heavy atom. The van der Waals surface area contributed by atoms with Gasteiger partial charge in [-0.1, -0.05) is 18.2 Å². The maximum absolute atomic E-state index is 4.71. The normalized spacial score (nSPS) is 16.7. The molecule has 3 heteroatoms. The van der Waals surface area contributed by atoms with Crippen molar-refractivity contribution < 1.29 is 0 Å². The van der Waals surface area contributed by atoms with Gasteiger partial charge in [0.15, 0.2) is 0 Å². The maximum Gasteiger partial charge on any atom is 0.0678 e. The van der Waals surface area contributed by atoms with Crippen LogP contribution < -0.4 is 5.32 Å². The average Bonchev–Trinajstić information content (AvgIpc) is 2.82. The summed E-state index contributed by atoms with van der Waals surface area (Å²) in [5.41, 5.74) is 4.97. The number of hydrogen-bond acceptors (Lipinski definition) is 2. The van der Waals surface area contributed by atoms with Gasteiger partial charge in [0, 0.05) is 11.6 Å². The molecule has 1 aliphatic rings. The molecule has 0 unspecified atom stereocenters. The van der Waals surface area contributed by atoms with E-state index in [9.17, 15) is 0 Å². The Morgan fingerprint density at radius 3 is 2.63 bits per heavy atom. The molecular weight excluding hydrogens is 234 g/mol. The van der Waals surface area contributed by atoms with Crippen LogP contribution >= 0.6 is 0 Å². The van der Waals surface area contributed by atoms with E-state index in [0.29, 0.717) is 5.92 Å². The van der Waals surface area contributed by atoms with Crippen LogP contribution in [0.25, 0.3) is 5.69 Å². The summed E-state index contributed by atoms with van der Waals surface area (Å²) in [7, 11) is 0. The number of aromatic nitrogens is 2. The molecular formula is C16H21N3. The van der Waals surface area contributed by atoms with Crippen molar-refractivity contribution in [2.24, 2.45) is 0 Å². The van der Waals surface area contributed by atoms with Gasteiger partial charge >= 0.3 is 0 Å². The molecule has 0 amide bonds. The summed E-state index contributed by atoms with van der Waals surface area (Å²) in [4.78, 5) is 0. The third-order valence-corrected chi connectivity index (χ3v) is 3.96. The second-order valence-corrected chi connectivity index (χ2v) is 5.43. The van der Waals surface area contributed by atoms with Crippen LogP contribution in [-0.2, 0) is 0 Å². The summed E-state index contributed by atoms with van der Waals surface area (Å²) in [6, 6.07) is 10.7. The Kier molecular flexibility index (Phi) is 3.38. The SMILES string of the molecule is Cc1cc(C2CCNCC2)n(-c2ccccc2C)n1. The Labute approximate surface area is 114 Å². The predicted molar refractivity (Wildman–Crippen MR) is 77.9 cm³/mol. The molecule has 1 saturated heterocycles. The average molecular weight is 255 g/mol. The van der Waals surface area contributed by atoms with Crippen molar-refractivity contribution in [2.45, 2.75) is 32.6 Å². The van der Waals surface area contributed by atoms with Crippen molar-refractivity contribution in [1.29, 1.82) is 0 Å². The smallest absolute Gasteiger partial charge is 0.0678 e. The van der Waals surface area contributed by atoms with E-state index < -0.39 is 0 Å². The Morgan fingerprint density at radius 1 is 1.16 bits per heavy atom. The molecule has 19 heavy (non-hydrogen) atoms. The number of nitrogens with one attached hydrogen (secondary N) is 1. The van der Waals surface area contributed by atoms with Crippen LogP contribution in [0.3, 0.4) is 0 Å². The minimum absolute atomic E-state index is 0.627. The van der Waals surface area contributed by atoms with E-state index in [0.717, 1.165) is 18.8 Å². The van der Waals surface area contributed by atoms with Gasteiger partial charge in [-0.25, -0.2) is 4.68 Å². The highest BCUT2D eigenvalue weighted by Crippen LogP contribution is 2.28. The minimum atomic E-state index is 0.627. The Bertz CT molecular complexity index is 565. The predicted octanol–water partition coefficient (Wildman–Crippen LogP) is 2.96. The van der Waals surface area contributed by atoms with Gasteiger partial charge in [-0.2, -0.15) is 5.10 Å². The molecule has 1 fully saturated rings. The summed E-state index contributed by atoms with van der Waals surface area (Å²) in [6.07, 6.45) is 2.41. The van der Waals surface area contributed by atoms with Crippen molar-refractivity contribution in [3.8, 4) is 5.69 Å². The molecule has 2 heterocycles. The third kappa shape index (κ3) is 2.43. The molecule has 0 bridgehead atoms. The number of para-hydroxylation sites is 1. The topological polar surface area (TPSA) is 29.9 Å². The van der Waals surface area contributed by atoms with Crippen molar-refractivity contribution >= 4 is 0 Å². The molecule has 0 spiro atoms. The van der Waals surface area contributed by atoms with Gasteiger partial charge in [0.1, 0.15) is 0 Å². The van der Waals surface area contributed by atoms with E-state index in [4.69, 9.17) is 5.10 Å². The molecule has 0 radical (unpaired) electrons. The van der Waals surface area contributed by atoms with Crippen molar-refractivity contribution in [3.05, 3.63) is 47.3 Å². The first-order valence-electron chi connectivity index (χ1n) is 7.09. The highest BCUT2D eigenvalue weighted by molar-refractivity contribution is 5.41. The summed E-state index contributed by atoms with van der Waals surface area (Å²) in [6.45, 7) is 6.46. The first-order chi connectivity index (χ1) is 9.25. The van der Waals surface area contributed by atoms with Crippen LogP contribution in [-0.4, -0.2) is 22.9 Å². The third-order valence-electron chi connectivity index (χ3n) is 3.96.